The predicted molar refractivity (Wildman–Crippen MR) is 134 cm³/mol. The molecule has 1 saturated carbocycles. The van der Waals surface area contributed by atoms with Crippen molar-refractivity contribution >= 4 is 21.4 Å². The number of nitrogens with one attached hydrogen (secondary N) is 1. The minimum atomic E-state index is -3.69. The highest BCUT2D eigenvalue weighted by atomic mass is 32.2. The van der Waals surface area contributed by atoms with Crippen LogP contribution in [0, 0.1) is 11.8 Å². The SMILES string of the molecule is C[C@@H]1CN(CC2CCN(c3ccccc3NS(=O)(=O)c3cnn(CC4CC4)c3)CC2)C[C@H](C)O1. The number of hydrogen-bond acceptors (Lipinski definition) is 6. The number of benzene rings is 1. The summed E-state index contributed by atoms with van der Waals surface area (Å²) in [6, 6.07) is 7.72. The van der Waals surface area contributed by atoms with Crippen molar-refractivity contribution in [2.45, 2.75) is 63.2 Å². The van der Waals surface area contributed by atoms with Crippen molar-refractivity contribution in [2.24, 2.45) is 11.8 Å². The highest BCUT2D eigenvalue weighted by Gasteiger charge is 2.28. The molecular formula is C25H37N5O3S. The van der Waals surface area contributed by atoms with E-state index in [1.165, 1.54) is 19.0 Å². The van der Waals surface area contributed by atoms with Gasteiger partial charge in [-0.15, -0.1) is 0 Å². The predicted octanol–water partition coefficient (Wildman–Crippen LogP) is 3.42. The maximum Gasteiger partial charge on any atom is 0.265 e. The molecule has 0 spiro atoms. The van der Waals surface area contributed by atoms with Gasteiger partial charge in [0.25, 0.3) is 10.0 Å². The second-order valence-electron chi connectivity index (χ2n) is 10.4. The molecule has 0 amide bonds. The van der Waals surface area contributed by atoms with E-state index in [1.807, 2.05) is 24.3 Å². The summed E-state index contributed by atoms with van der Waals surface area (Å²) in [5, 5.41) is 4.26. The quantitative estimate of drug-likeness (QED) is 0.615. The summed E-state index contributed by atoms with van der Waals surface area (Å²) in [6.45, 7) is 10.1. The van der Waals surface area contributed by atoms with Crippen LogP contribution in [-0.4, -0.2) is 68.0 Å². The summed E-state index contributed by atoms with van der Waals surface area (Å²) in [5.74, 6) is 1.30. The van der Waals surface area contributed by atoms with E-state index >= 15 is 0 Å². The number of morpholine rings is 1. The average Bonchev–Trinajstić information content (AvgIpc) is 3.47. The molecule has 0 bridgehead atoms. The molecule has 2 aromatic rings. The summed E-state index contributed by atoms with van der Waals surface area (Å²) in [5.41, 5.74) is 1.58. The lowest BCUT2D eigenvalue weighted by Gasteiger charge is -2.40. The van der Waals surface area contributed by atoms with Gasteiger partial charge in [-0.25, -0.2) is 8.42 Å². The summed E-state index contributed by atoms with van der Waals surface area (Å²) >= 11 is 0. The lowest BCUT2D eigenvalue weighted by atomic mass is 9.95. The molecule has 2 atom stereocenters. The summed E-state index contributed by atoms with van der Waals surface area (Å²) < 4.78 is 36.6. The first kappa shape index (κ1) is 23.6. The van der Waals surface area contributed by atoms with E-state index in [4.69, 9.17) is 4.74 Å². The van der Waals surface area contributed by atoms with Gasteiger partial charge >= 0.3 is 0 Å². The maximum absolute atomic E-state index is 13.1. The van der Waals surface area contributed by atoms with Crippen molar-refractivity contribution in [1.82, 2.24) is 14.7 Å². The first-order valence-corrected chi connectivity index (χ1v) is 14.1. The van der Waals surface area contributed by atoms with Crippen LogP contribution in [-0.2, 0) is 21.3 Å². The van der Waals surface area contributed by atoms with E-state index in [-0.39, 0.29) is 4.90 Å². The van der Waals surface area contributed by atoms with Crippen molar-refractivity contribution in [3.05, 3.63) is 36.7 Å². The van der Waals surface area contributed by atoms with Crippen LogP contribution in [0.5, 0.6) is 0 Å². The zero-order valence-corrected chi connectivity index (χ0v) is 21.1. The second-order valence-corrected chi connectivity index (χ2v) is 12.1. The van der Waals surface area contributed by atoms with Crippen LogP contribution in [0.2, 0.25) is 0 Å². The number of anilines is 2. The third kappa shape index (κ3) is 5.75. The Morgan fingerprint density at radius 1 is 1.00 bits per heavy atom. The molecule has 2 aliphatic heterocycles. The van der Waals surface area contributed by atoms with Gasteiger partial charge in [-0.3, -0.25) is 14.3 Å². The molecule has 1 aromatic heterocycles. The molecule has 5 rings (SSSR count). The molecule has 3 heterocycles. The lowest BCUT2D eigenvalue weighted by Crippen LogP contribution is -2.48. The van der Waals surface area contributed by atoms with E-state index in [2.05, 4.69) is 33.5 Å². The van der Waals surface area contributed by atoms with Gasteiger partial charge in [0, 0.05) is 45.5 Å². The fourth-order valence-electron chi connectivity index (χ4n) is 5.34. The first-order valence-electron chi connectivity index (χ1n) is 12.6. The molecule has 34 heavy (non-hydrogen) atoms. The zero-order chi connectivity index (χ0) is 23.7. The van der Waals surface area contributed by atoms with Crippen LogP contribution >= 0.6 is 0 Å². The highest BCUT2D eigenvalue weighted by Crippen LogP contribution is 2.33. The van der Waals surface area contributed by atoms with Crippen molar-refractivity contribution in [1.29, 1.82) is 0 Å². The van der Waals surface area contributed by atoms with Gasteiger partial charge < -0.3 is 9.64 Å². The largest absolute Gasteiger partial charge is 0.373 e. The van der Waals surface area contributed by atoms with Gasteiger partial charge in [-0.1, -0.05) is 12.1 Å². The molecule has 8 nitrogen and oxygen atoms in total. The minimum absolute atomic E-state index is 0.218. The van der Waals surface area contributed by atoms with Crippen molar-refractivity contribution in [3.63, 3.8) is 0 Å². The maximum atomic E-state index is 13.1. The number of sulfonamides is 1. The molecule has 1 aliphatic carbocycles. The second kappa shape index (κ2) is 9.87. The molecule has 2 saturated heterocycles. The normalized spacial score (nSPS) is 24.9. The smallest absolute Gasteiger partial charge is 0.265 e. The van der Waals surface area contributed by atoms with Gasteiger partial charge in [0.15, 0.2) is 0 Å². The Labute approximate surface area is 203 Å². The standard InChI is InChI=1S/C25H37N5O3S/c1-19-14-28(15-20(2)33-19)16-22-9-11-29(12-10-22)25-6-4-3-5-24(25)27-34(31,32)23-13-26-30(18-23)17-21-7-8-21/h3-6,13,18-22,27H,7-12,14-17H2,1-2H3/t19-,20+. The molecule has 0 radical (unpaired) electrons. The highest BCUT2D eigenvalue weighted by molar-refractivity contribution is 7.92. The Kier molecular flexibility index (Phi) is 6.86. The zero-order valence-electron chi connectivity index (χ0n) is 20.3. The van der Waals surface area contributed by atoms with Crippen LogP contribution in [0.4, 0.5) is 11.4 Å². The van der Waals surface area contributed by atoms with E-state index < -0.39 is 10.0 Å². The third-order valence-corrected chi connectivity index (χ3v) is 8.50. The van der Waals surface area contributed by atoms with Gasteiger partial charge in [0.1, 0.15) is 4.90 Å². The van der Waals surface area contributed by atoms with E-state index in [1.54, 1.807) is 10.9 Å². The van der Waals surface area contributed by atoms with Gasteiger partial charge in [-0.05, 0) is 63.5 Å². The molecule has 186 valence electrons. The number of ether oxygens (including phenoxy) is 1. The molecule has 3 aliphatic rings. The molecule has 0 unspecified atom stereocenters. The van der Waals surface area contributed by atoms with E-state index in [0.29, 0.717) is 29.7 Å². The molecule has 1 N–H and O–H groups in total. The molecule has 3 fully saturated rings. The van der Waals surface area contributed by atoms with Gasteiger partial charge in [0.2, 0.25) is 0 Å². The van der Waals surface area contributed by atoms with Gasteiger partial charge in [0.05, 0.1) is 29.8 Å². The first-order chi connectivity index (χ1) is 16.4. The fourth-order valence-corrected chi connectivity index (χ4v) is 6.37. The lowest BCUT2D eigenvalue weighted by molar-refractivity contribution is -0.0720. The molecule has 1 aromatic carbocycles. The number of rotatable bonds is 8. The number of hydrogen-bond donors (Lipinski definition) is 1. The van der Waals surface area contributed by atoms with E-state index in [0.717, 1.165) is 57.8 Å². The number of nitrogens with zero attached hydrogens (tertiary/aromatic N) is 4. The van der Waals surface area contributed by atoms with Crippen LogP contribution < -0.4 is 9.62 Å². The van der Waals surface area contributed by atoms with E-state index in [9.17, 15) is 8.42 Å². The van der Waals surface area contributed by atoms with Crippen LogP contribution in [0.1, 0.15) is 39.5 Å². The summed E-state index contributed by atoms with van der Waals surface area (Å²) in [4.78, 5) is 5.08. The third-order valence-electron chi connectivity index (χ3n) is 7.18. The number of para-hydroxylation sites is 2. The van der Waals surface area contributed by atoms with Crippen LogP contribution in [0.25, 0.3) is 0 Å². The van der Waals surface area contributed by atoms with Crippen LogP contribution in [0.3, 0.4) is 0 Å². The topological polar surface area (TPSA) is 79.7 Å². The number of aromatic nitrogens is 2. The van der Waals surface area contributed by atoms with Crippen molar-refractivity contribution in [3.8, 4) is 0 Å². The Balaban J connectivity index is 1.21. The Morgan fingerprint density at radius 3 is 2.38 bits per heavy atom. The summed E-state index contributed by atoms with van der Waals surface area (Å²) in [7, 11) is -3.69. The monoisotopic (exact) mass is 487 g/mol. The number of piperidine rings is 1. The Morgan fingerprint density at radius 2 is 1.68 bits per heavy atom. The fraction of sp³-hybridized carbons (Fsp3) is 0.640. The van der Waals surface area contributed by atoms with Crippen molar-refractivity contribution < 1.29 is 13.2 Å². The molecule has 9 heteroatoms. The average molecular weight is 488 g/mol. The van der Waals surface area contributed by atoms with Gasteiger partial charge in [-0.2, -0.15) is 5.10 Å². The summed E-state index contributed by atoms with van der Waals surface area (Å²) in [6.07, 6.45) is 8.30. The van der Waals surface area contributed by atoms with Crippen molar-refractivity contribution in [2.75, 3.05) is 42.3 Å². The molecular weight excluding hydrogens is 450 g/mol. The van der Waals surface area contributed by atoms with Crippen LogP contribution in [0.15, 0.2) is 41.6 Å². The Hall–Kier alpha value is -2.10. The Bertz CT molecular complexity index is 1070. The minimum Gasteiger partial charge on any atom is -0.373 e.